The molecule has 1 aromatic carbocycles. The van der Waals surface area contributed by atoms with Gasteiger partial charge in [-0.3, -0.25) is 0 Å². The average Bonchev–Trinajstić information content (AvgIpc) is 1.88. The van der Waals surface area contributed by atoms with E-state index in [1.54, 1.807) is 24.3 Å². The highest BCUT2D eigenvalue weighted by Crippen LogP contribution is 2.03. The van der Waals surface area contributed by atoms with Crippen molar-refractivity contribution in [3.8, 4) is 0 Å². The number of rotatable bonds is 1. The van der Waals surface area contributed by atoms with E-state index in [9.17, 15) is 0 Å². The van der Waals surface area contributed by atoms with Gasteiger partial charge in [0.1, 0.15) is 0 Å². The van der Waals surface area contributed by atoms with Gasteiger partial charge in [0.25, 0.3) is 0 Å². The average molecular weight is 136 g/mol. The molecule has 3 N–H and O–H groups in total. The fourth-order valence-corrected chi connectivity index (χ4v) is 0.706. The molecule has 0 heterocycles. The van der Waals surface area contributed by atoms with Crippen molar-refractivity contribution in [1.29, 1.82) is 0 Å². The van der Waals surface area contributed by atoms with E-state index in [2.05, 4.69) is 5.16 Å². The molecule has 1 aromatic rings. The summed E-state index contributed by atoms with van der Waals surface area (Å²) < 4.78 is 0. The van der Waals surface area contributed by atoms with Crippen LogP contribution in [0.5, 0.6) is 0 Å². The SMILES string of the molecule is Nc1cccc(C=NO)c1. The first kappa shape index (κ1) is 6.61. The van der Waals surface area contributed by atoms with E-state index in [-0.39, 0.29) is 0 Å². The van der Waals surface area contributed by atoms with Crippen LogP contribution in [0.2, 0.25) is 0 Å². The lowest BCUT2D eigenvalue weighted by molar-refractivity contribution is 0.322. The zero-order valence-corrected chi connectivity index (χ0v) is 5.36. The van der Waals surface area contributed by atoms with Gasteiger partial charge in [-0.15, -0.1) is 0 Å². The number of hydrogen-bond donors (Lipinski definition) is 2. The Labute approximate surface area is 58.8 Å². The summed E-state index contributed by atoms with van der Waals surface area (Å²) in [6.07, 6.45) is 1.33. The van der Waals surface area contributed by atoms with E-state index in [1.165, 1.54) is 6.21 Å². The van der Waals surface area contributed by atoms with Crippen LogP contribution >= 0.6 is 0 Å². The van der Waals surface area contributed by atoms with Crippen molar-refractivity contribution in [2.24, 2.45) is 5.16 Å². The first-order chi connectivity index (χ1) is 4.83. The van der Waals surface area contributed by atoms with E-state index >= 15 is 0 Å². The van der Waals surface area contributed by atoms with E-state index in [0.717, 1.165) is 5.56 Å². The Kier molecular flexibility index (Phi) is 1.89. The zero-order valence-electron chi connectivity index (χ0n) is 5.36. The maximum Gasteiger partial charge on any atom is 0.0734 e. The van der Waals surface area contributed by atoms with E-state index in [0.29, 0.717) is 5.69 Å². The lowest BCUT2D eigenvalue weighted by Crippen LogP contribution is -1.86. The normalized spacial score (nSPS) is 10.4. The fraction of sp³-hybridized carbons (Fsp3) is 0. The standard InChI is InChI=1S/C7H8N2O/c8-7-3-1-2-6(4-7)5-9-10/h1-5,10H,8H2. The van der Waals surface area contributed by atoms with Gasteiger partial charge < -0.3 is 10.9 Å². The molecule has 0 aliphatic heterocycles. The molecule has 0 aliphatic rings. The maximum absolute atomic E-state index is 8.14. The van der Waals surface area contributed by atoms with Crippen LogP contribution in [0.1, 0.15) is 5.56 Å². The minimum atomic E-state index is 0.664. The molecule has 0 saturated heterocycles. The van der Waals surface area contributed by atoms with Gasteiger partial charge in [-0.25, -0.2) is 0 Å². The van der Waals surface area contributed by atoms with Gasteiger partial charge in [0.2, 0.25) is 0 Å². The Balaban J connectivity index is 2.95. The summed E-state index contributed by atoms with van der Waals surface area (Å²) in [5.74, 6) is 0. The first-order valence-corrected chi connectivity index (χ1v) is 2.86. The monoisotopic (exact) mass is 136 g/mol. The molecule has 0 aromatic heterocycles. The van der Waals surface area contributed by atoms with Crippen LogP contribution in [-0.4, -0.2) is 11.4 Å². The second-order valence-electron chi connectivity index (χ2n) is 1.91. The van der Waals surface area contributed by atoms with Crippen LogP contribution in [0.3, 0.4) is 0 Å². The predicted molar refractivity (Wildman–Crippen MR) is 40.2 cm³/mol. The molecule has 0 radical (unpaired) electrons. The maximum atomic E-state index is 8.14. The topological polar surface area (TPSA) is 58.6 Å². The lowest BCUT2D eigenvalue weighted by atomic mass is 10.2. The van der Waals surface area contributed by atoms with Crippen LogP contribution in [0.15, 0.2) is 29.4 Å². The van der Waals surface area contributed by atoms with Gasteiger partial charge in [-0.1, -0.05) is 17.3 Å². The Bertz CT molecular complexity index is 245. The number of nitrogens with two attached hydrogens (primary N) is 1. The fourth-order valence-electron chi connectivity index (χ4n) is 0.706. The van der Waals surface area contributed by atoms with E-state index in [4.69, 9.17) is 10.9 Å². The molecule has 0 unspecified atom stereocenters. The minimum absolute atomic E-state index is 0.664. The highest BCUT2D eigenvalue weighted by atomic mass is 16.4. The van der Waals surface area contributed by atoms with Crippen molar-refractivity contribution in [1.82, 2.24) is 0 Å². The van der Waals surface area contributed by atoms with Crippen LogP contribution in [0.25, 0.3) is 0 Å². The summed E-state index contributed by atoms with van der Waals surface area (Å²) in [6.45, 7) is 0. The smallest absolute Gasteiger partial charge is 0.0734 e. The van der Waals surface area contributed by atoms with Gasteiger partial charge in [0.15, 0.2) is 0 Å². The third kappa shape index (κ3) is 1.48. The molecule has 0 aliphatic carbocycles. The summed E-state index contributed by atoms with van der Waals surface area (Å²) in [5, 5.41) is 11.0. The van der Waals surface area contributed by atoms with Crippen LogP contribution in [0.4, 0.5) is 5.69 Å². The third-order valence-electron chi connectivity index (χ3n) is 1.12. The number of oxime groups is 1. The second-order valence-corrected chi connectivity index (χ2v) is 1.91. The first-order valence-electron chi connectivity index (χ1n) is 2.86. The lowest BCUT2D eigenvalue weighted by Gasteiger charge is -1.92. The van der Waals surface area contributed by atoms with Crippen molar-refractivity contribution in [3.05, 3.63) is 29.8 Å². The largest absolute Gasteiger partial charge is 0.411 e. The second kappa shape index (κ2) is 2.87. The zero-order chi connectivity index (χ0) is 7.40. The van der Waals surface area contributed by atoms with Gasteiger partial charge in [-0.2, -0.15) is 0 Å². The molecule has 0 saturated carbocycles. The van der Waals surface area contributed by atoms with E-state index in [1.807, 2.05) is 0 Å². The van der Waals surface area contributed by atoms with Crippen LogP contribution in [-0.2, 0) is 0 Å². The third-order valence-corrected chi connectivity index (χ3v) is 1.12. The Morgan fingerprint density at radius 2 is 2.30 bits per heavy atom. The molecule has 0 atom stereocenters. The van der Waals surface area contributed by atoms with Crippen molar-refractivity contribution in [2.45, 2.75) is 0 Å². The Morgan fingerprint density at radius 3 is 2.90 bits per heavy atom. The number of nitrogen functional groups attached to an aromatic ring is 1. The Hall–Kier alpha value is -1.51. The highest BCUT2D eigenvalue weighted by molar-refractivity contribution is 5.80. The number of hydrogen-bond acceptors (Lipinski definition) is 3. The predicted octanol–water partition coefficient (Wildman–Crippen LogP) is 1.08. The molecule has 3 heteroatoms. The van der Waals surface area contributed by atoms with Crippen LogP contribution in [0, 0.1) is 0 Å². The molecular weight excluding hydrogens is 128 g/mol. The van der Waals surface area contributed by atoms with Gasteiger partial charge in [-0.05, 0) is 17.7 Å². The van der Waals surface area contributed by atoms with Gasteiger partial charge in [0, 0.05) is 5.69 Å². The van der Waals surface area contributed by atoms with Gasteiger partial charge in [0.05, 0.1) is 6.21 Å². The van der Waals surface area contributed by atoms with Crippen LogP contribution < -0.4 is 5.73 Å². The Morgan fingerprint density at radius 1 is 1.50 bits per heavy atom. The molecule has 0 amide bonds. The molecule has 0 spiro atoms. The number of benzene rings is 1. The molecule has 10 heavy (non-hydrogen) atoms. The quantitative estimate of drug-likeness (QED) is 0.262. The summed E-state index contributed by atoms with van der Waals surface area (Å²) in [4.78, 5) is 0. The summed E-state index contributed by atoms with van der Waals surface area (Å²) in [5.41, 5.74) is 6.90. The molecule has 52 valence electrons. The molecule has 3 nitrogen and oxygen atoms in total. The van der Waals surface area contributed by atoms with Crippen molar-refractivity contribution in [2.75, 3.05) is 5.73 Å². The molecule has 0 fully saturated rings. The number of nitrogens with zero attached hydrogens (tertiary/aromatic N) is 1. The minimum Gasteiger partial charge on any atom is -0.411 e. The van der Waals surface area contributed by atoms with E-state index < -0.39 is 0 Å². The van der Waals surface area contributed by atoms with Gasteiger partial charge >= 0.3 is 0 Å². The molecular formula is C7H8N2O. The number of anilines is 1. The van der Waals surface area contributed by atoms with Crippen molar-refractivity contribution in [3.63, 3.8) is 0 Å². The summed E-state index contributed by atoms with van der Waals surface area (Å²) in [6, 6.07) is 7.09. The van der Waals surface area contributed by atoms with Crippen molar-refractivity contribution >= 4 is 11.9 Å². The molecule has 1 rings (SSSR count). The summed E-state index contributed by atoms with van der Waals surface area (Å²) >= 11 is 0. The highest BCUT2D eigenvalue weighted by Gasteiger charge is 1.86. The van der Waals surface area contributed by atoms with Crippen molar-refractivity contribution < 1.29 is 5.21 Å². The molecule has 0 bridgehead atoms. The summed E-state index contributed by atoms with van der Waals surface area (Å²) in [7, 11) is 0.